The molecule has 0 spiro atoms. The first-order chi connectivity index (χ1) is 16.4. The maximum Gasteiger partial charge on any atom is 0.339 e. The van der Waals surface area contributed by atoms with E-state index in [1.165, 1.54) is 11.1 Å². The van der Waals surface area contributed by atoms with Gasteiger partial charge < -0.3 is 10.2 Å². The molecule has 0 radical (unpaired) electrons. The zero-order valence-corrected chi connectivity index (χ0v) is 19.6. The second kappa shape index (κ2) is 10.4. The van der Waals surface area contributed by atoms with Crippen LogP contribution in [0.1, 0.15) is 68.9 Å². The minimum Gasteiger partial charge on any atom is -0.507 e. The quantitative estimate of drug-likeness (QED) is 0.296. The number of aromatic carboxylic acids is 1. The second-order valence-electron chi connectivity index (χ2n) is 8.93. The van der Waals surface area contributed by atoms with Crippen molar-refractivity contribution in [2.24, 2.45) is 0 Å². The van der Waals surface area contributed by atoms with Gasteiger partial charge in [-0.3, -0.25) is 0 Å². The van der Waals surface area contributed by atoms with Crippen molar-refractivity contribution in [2.45, 2.75) is 38.5 Å². The standard InChI is InChI=1S/C31H30O3/c1-21-13-15-23(16-14-21)17-18-27(25-11-7-4-8-12-25)26-19-28(30(32)29(20-26)31(33)34)22(2)24-9-5-3-6-10-24/h3-16,19-20,22,27,32H,17-18H2,1-2H3,(H,33,34). The Balaban J connectivity index is 1.78. The van der Waals surface area contributed by atoms with Crippen LogP contribution in [0.15, 0.2) is 97.1 Å². The summed E-state index contributed by atoms with van der Waals surface area (Å²) in [4.78, 5) is 12.1. The lowest BCUT2D eigenvalue weighted by Gasteiger charge is -2.23. The highest BCUT2D eigenvalue weighted by atomic mass is 16.4. The van der Waals surface area contributed by atoms with Crippen LogP contribution < -0.4 is 0 Å². The fourth-order valence-corrected chi connectivity index (χ4v) is 4.57. The van der Waals surface area contributed by atoms with Crippen LogP contribution >= 0.6 is 0 Å². The van der Waals surface area contributed by atoms with Gasteiger partial charge in [-0.25, -0.2) is 4.79 Å². The van der Waals surface area contributed by atoms with Crippen LogP contribution in [0.4, 0.5) is 0 Å². The Bertz CT molecular complexity index is 1250. The smallest absolute Gasteiger partial charge is 0.339 e. The summed E-state index contributed by atoms with van der Waals surface area (Å²) in [5.41, 5.74) is 6.14. The highest BCUT2D eigenvalue weighted by Crippen LogP contribution is 2.39. The predicted molar refractivity (Wildman–Crippen MR) is 137 cm³/mol. The maximum atomic E-state index is 12.1. The van der Waals surface area contributed by atoms with E-state index < -0.39 is 5.97 Å². The van der Waals surface area contributed by atoms with Crippen molar-refractivity contribution in [1.82, 2.24) is 0 Å². The van der Waals surface area contributed by atoms with Crippen LogP contribution in [0.3, 0.4) is 0 Å². The molecule has 0 fully saturated rings. The van der Waals surface area contributed by atoms with Gasteiger partial charge in [0.1, 0.15) is 11.3 Å². The van der Waals surface area contributed by atoms with Crippen molar-refractivity contribution in [1.29, 1.82) is 0 Å². The number of aryl methyl sites for hydroxylation is 2. The molecule has 4 aromatic rings. The average molecular weight is 451 g/mol. The average Bonchev–Trinajstić information content (AvgIpc) is 2.86. The van der Waals surface area contributed by atoms with Gasteiger partial charge in [0.05, 0.1) is 0 Å². The van der Waals surface area contributed by atoms with Gasteiger partial charge in [0, 0.05) is 17.4 Å². The van der Waals surface area contributed by atoms with E-state index in [0.29, 0.717) is 5.56 Å². The molecule has 3 nitrogen and oxygen atoms in total. The normalized spacial score (nSPS) is 12.8. The number of aromatic hydroxyl groups is 1. The fourth-order valence-electron chi connectivity index (χ4n) is 4.57. The molecule has 34 heavy (non-hydrogen) atoms. The Kier molecular flexibility index (Phi) is 7.12. The van der Waals surface area contributed by atoms with Crippen molar-refractivity contribution in [3.8, 4) is 5.75 Å². The number of carboxylic acid groups (broad SMARTS) is 1. The number of hydrogen-bond donors (Lipinski definition) is 2. The number of carboxylic acids is 1. The molecule has 0 heterocycles. The van der Waals surface area contributed by atoms with Gasteiger partial charge in [-0.05, 0) is 48.1 Å². The number of rotatable bonds is 8. The molecule has 0 aliphatic carbocycles. The Hall–Kier alpha value is -3.85. The molecule has 2 atom stereocenters. The molecule has 2 unspecified atom stereocenters. The van der Waals surface area contributed by atoms with E-state index in [-0.39, 0.29) is 23.1 Å². The van der Waals surface area contributed by atoms with Crippen LogP contribution in [0.5, 0.6) is 5.75 Å². The highest BCUT2D eigenvalue weighted by molar-refractivity contribution is 5.91. The largest absolute Gasteiger partial charge is 0.507 e. The summed E-state index contributed by atoms with van der Waals surface area (Å²) in [5.74, 6) is -1.42. The van der Waals surface area contributed by atoms with Gasteiger partial charge in [-0.15, -0.1) is 0 Å². The maximum absolute atomic E-state index is 12.1. The minimum absolute atomic E-state index is 0.00271. The third kappa shape index (κ3) is 5.20. The third-order valence-electron chi connectivity index (χ3n) is 6.60. The van der Waals surface area contributed by atoms with Crippen LogP contribution in [0.25, 0.3) is 0 Å². The van der Waals surface area contributed by atoms with Crippen LogP contribution in [0, 0.1) is 6.92 Å². The lowest BCUT2D eigenvalue weighted by Crippen LogP contribution is -2.09. The monoisotopic (exact) mass is 450 g/mol. The summed E-state index contributed by atoms with van der Waals surface area (Å²) in [7, 11) is 0. The van der Waals surface area contributed by atoms with Crippen molar-refractivity contribution < 1.29 is 15.0 Å². The lowest BCUT2D eigenvalue weighted by molar-refractivity contribution is 0.0693. The SMILES string of the molecule is Cc1ccc(CCC(c2ccccc2)c2cc(C(=O)O)c(O)c(C(C)c3ccccc3)c2)cc1. The van der Waals surface area contributed by atoms with Gasteiger partial charge >= 0.3 is 5.97 Å². The topological polar surface area (TPSA) is 57.5 Å². The van der Waals surface area contributed by atoms with E-state index in [0.717, 1.165) is 29.5 Å². The lowest BCUT2D eigenvalue weighted by atomic mass is 9.82. The number of carbonyl (C=O) groups is 1. The summed E-state index contributed by atoms with van der Waals surface area (Å²) >= 11 is 0. The summed E-state index contributed by atoms with van der Waals surface area (Å²) in [6, 6.07) is 32.3. The number of phenols is 1. The molecule has 4 rings (SSSR count). The Morgan fingerprint density at radius 1 is 0.794 bits per heavy atom. The summed E-state index contributed by atoms with van der Waals surface area (Å²) in [5, 5.41) is 20.8. The van der Waals surface area contributed by atoms with E-state index >= 15 is 0 Å². The Morgan fingerprint density at radius 3 is 1.97 bits per heavy atom. The molecule has 3 heteroatoms. The van der Waals surface area contributed by atoms with Gasteiger partial charge in [0.2, 0.25) is 0 Å². The van der Waals surface area contributed by atoms with Gasteiger partial charge in [0.25, 0.3) is 0 Å². The number of hydrogen-bond acceptors (Lipinski definition) is 2. The minimum atomic E-state index is -1.12. The van der Waals surface area contributed by atoms with Crippen LogP contribution in [-0.4, -0.2) is 16.2 Å². The predicted octanol–water partition coefficient (Wildman–Crippen LogP) is 7.32. The molecule has 2 N–H and O–H groups in total. The Morgan fingerprint density at radius 2 is 1.38 bits per heavy atom. The first kappa shape index (κ1) is 23.3. The Labute approximate surface area is 201 Å². The molecule has 0 aliphatic rings. The summed E-state index contributed by atoms with van der Waals surface area (Å²) < 4.78 is 0. The molecular weight excluding hydrogens is 420 g/mol. The first-order valence-electron chi connectivity index (χ1n) is 11.7. The molecule has 0 bridgehead atoms. The molecule has 0 saturated carbocycles. The van der Waals surface area contributed by atoms with Crippen molar-refractivity contribution in [2.75, 3.05) is 0 Å². The molecule has 172 valence electrons. The second-order valence-corrected chi connectivity index (χ2v) is 8.93. The summed E-state index contributed by atoms with van der Waals surface area (Å²) in [6.45, 7) is 4.08. The molecule has 0 aliphatic heterocycles. The van der Waals surface area contributed by atoms with E-state index in [9.17, 15) is 15.0 Å². The van der Waals surface area contributed by atoms with E-state index in [2.05, 4.69) is 43.3 Å². The zero-order valence-electron chi connectivity index (χ0n) is 19.6. The first-order valence-corrected chi connectivity index (χ1v) is 11.7. The van der Waals surface area contributed by atoms with E-state index in [1.807, 2.05) is 61.5 Å². The molecular formula is C31H30O3. The third-order valence-corrected chi connectivity index (χ3v) is 6.60. The van der Waals surface area contributed by atoms with Crippen LogP contribution in [-0.2, 0) is 6.42 Å². The van der Waals surface area contributed by atoms with Crippen molar-refractivity contribution >= 4 is 5.97 Å². The van der Waals surface area contributed by atoms with E-state index in [4.69, 9.17) is 0 Å². The fraction of sp³-hybridized carbons (Fsp3) is 0.194. The van der Waals surface area contributed by atoms with E-state index in [1.54, 1.807) is 6.07 Å². The van der Waals surface area contributed by atoms with Crippen molar-refractivity contribution in [3.05, 3.63) is 136 Å². The number of benzene rings is 4. The van der Waals surface area contributed by atoms with Gasteiger partial charge in [-0.2, -0.15) is 0 Å². The highest BCUT2D eigenvalue weighted by Gasteiger charge is 2.24. The molecule has 4 aromatic carbocycles. The van der Waals surface area contributed by atoms with Gasteiger partial charge in [-0.1, -0.05) is 103 Å². The molecule has 0 saturated heterocycles. The zero-order chi connectivity index (χ0) is 24.1. The van der Waals surface area contributed by atoms with Crippen LogP contribution in [0.2, 0.25) is 0 Å². The van der Waals surface area contributed by atoms with Gasteiger partial charge in [0.15, 0.2) is 0 Å². The molecule has 0 aromatic heterocycles. The summed E-state index contributed by atoms with van der Waals surface area (Å²) in [6.07, 6.45) is 1.70. The molecule has 0 amide bonds. The van der Waals surface area contributed by atoms with Crippen molar-refractivity contribution in [3.63, 3.8) is 0 Å².